The highest BCUT2D eigenvalue weighted by molar-refractivity contribution is 7.12. The highest BCUT2D eigenvalue weighted by Crippen LogP contribution is 2.34. The molecule has 29 heavy (non-hydrogen) atoms. The first-order chi connectivity index (χ1) is 13.6. The number of hydrogen-bond acceptors (Lipinski definition) is 4. The number of carbonyl (C=O) groups excluding carboxylic acids is 2. The number of rotatable bonds is 4. The van der Waals surface area contributed by atoms with Gasteiger partial charge in [-0.15, -0.1) is 11.3 Å². The molecular formula is C22H28N4O2S. The topological polar surface area (TPSA) is 65.0 Å². The van der Waals surface area contributed by atoms with Gasteiger partial charge in [0.25, 0.3) is 5.91 Å². The minimum atomic E-state index is -0.364. The average Bonchev–Trinajstić information content (AvgIpc) is 3.30. The lowest BCUT2D eigenvalue weighted by atomic mass is 10.00. The average molecular weight is 413 g/mol. The van der Waals surface area contributed by atoms with Gasteiger partial charge in [-0.25, -0.2) is 9.80 Å². The summed E-state index contributed by atoms with van der Waals surface area (Å²) in [5, 5.41) is 11.1. The van der Waals surface area contributed by atoms with E-state index in [4.69, 9.17) is 0 Å². The summed E-state index contributed by atoms with van der Waals surface area (Å²) < 4.78 is 0. The Bertz CT molecular complexity index is 898. The molecule has 0 bridgehead atoms. The molecule has 0 saturated heterocycles. The quantitative estimate of drug-likeness (QED) is 0.819. The Morgan fingerprint density at radius 3 is 2.52 bits per heavy atom. The molecule has 0 aliphatic carbocycles. The molecule has 1 aliphatic heterocycles. The second kappa shape index (κ2) is 8.37. The van der Waals surface area contributed by atoms with Crippen LogP contribution in [0.2, 0.25) is 0 Å². The van der Waals surface area contributed by atoms with E-state index < -0.39 is 0 Å². The SMILES string of the molecule is Cc1ccc([C@H]2CC(c3cccs3)=NN2C(=O)CN(C)C(=O)NC(C)(C)C)cc1. The predicted molar refractivity (Wildman–Crippen MR) is 117 cm³/mol. The molecule has 0 radical (unpaired) electrons. The first-order valence-corrected chi connectivity index (χ1v) is 10.6. The Hall–Kier alpha value is -2.67. The normalized spacial score (nSPS) is 16.5. The Morgan fingerprint density at radius 2 is 1.93 bits per heavy atom. The number of benzene rings is 1. The molecule has 0 unspecified atom stereocenters. The smallest absolute Gasteiger partial charge is 0.318 e. The number of thiophene rings is 1. The molecule has 1 aromatic heterocycles. The first kappa shape index (κ1) is 21.0. The molecule has 0 fully saturated rings. The number of hydrazone groups is 1. The zero-order valence-corrected chi connectivity index (χ0v) is 18.4. The van der Waals surface area contributed by atoms with Crippen LogP contribution in [0.5, 0.6) is 0 Å². The maximum atomic E-state index is 13.1. The molecule has 1 atom stereocenters. The minimum absolute atomic E-state index is 0.0362. The molecule has 0 saturated carbocycles. The van der Waals surface area contributed by atoms with E-state index in [1.54, 1.807) is 23.4 Å². The minimum Gasteiger partial charge on any atom is -0.333 e. The van der Waals surface area contributed by atoms with Crippen LogP contribution in [0.1, 0.15) is 49.2 Å². The Morgan fingerprint density at radius 1 is 1.24 bits per heavy atom. The number of urea groups is 1. The van der Waals surface area contributed by atoms with Gasteiger partial charge in [-0.2, -0.15) is 5.10 Å². The fraction of sp³-hybridized carbons (Fsp3) is 0.409. The number of aryl methyl sites for hydroxylation is 1. The van der Waals surface area contributed by atoms with Crippen molar-refractivity contribution in [1.29, 1.82) is 0 Å². The molecule has 7 heteroatoms. The van der Waals surface area contributed by atoms with E-state index in [1.807, 2.05) is 69.5 Å². The highest BCUT2D eigenvalue weighted by atomic mass is 32.1. The number of nitrogens with one attached hydrogen (secondary N) is 1. The lowest BCUT2D eigenvalue weighted by molar-refractivity contribution is -0.133. The van der Waals surface area contributed by atoms with Crippen molar-refractivity contribution in [3.63, 3.8) is 0 Å². The summed E-state index contributed by atoms with van der Waals surface area (Å²) in [6, 6.07) is 11.7. The van der Waals surface area contributed by atoms with Gasteiger partial charge in [-0.05, 0) is 44.7 Å². The summed E-state index contributed by atoms with van der Waals surface area (Å²) in [7, 11) is 1.62. The second-order valence-electron chi connectivity index (χ2n) is 8.43. The number of nitrogens with zero attached hydrogens (tertiary/aromatic N) is 3. The van der Waals surface area contributed by atoms with Gasteiger partial charge in [-0.1, -0.05) is 35.9 Å². The highest BCUT2D eigenvalue weighted by Gasteiger charge is 2.34. The summed E-state index contributed by atoms with van der Waals surface area (Å²) >= 11 is 1.62. The van der Waals surface area contributed by atoms with Gasteiger partial charge in [-0.3, -0.25) is 4.79 Å². The predicted octanol–water partition coefficient (Wildman–Crippen LogP) is 4.17. The number of carbonyl (C=O) groups is 2. The molecule has 2 aromatic rings. The fourth-order valence-corrected chi connectivity index (χ4v) is 3.86. The number of hydrogen-bond donors (Lipinski definition) is 1. The maximum absolute atomic E-state index is 13.1. The Kier molecular flexibility index (Phi) is 6.07. The van der Waals surface area contributed by atoms with Crippen LogP contribution < -0.4 is 5.32 Å². The van der Waals surface area contributed by atoms with Crippen molar-refractivity contribution < 1.29 is 9.59 Å². The van der Waals surface area contributed by atoms with Gasteiger partial charge in [0.2, 0.25) is 0 Å². The standard InChI is InChI=1S/C22H28N4O2S/c1-15-8-10-16(11-9-15)18-13-17(19-7-6-12-29-19)24-26(18)20(27)14-25(5)21(28)23-22(2,3)4/h6-12,18H,13-14H2,1-5H3,(H,23,28)/t18-/m1/s1. The molecule has 1 aromatic carbocycles. The van der Waals surface area contributed by atoms with E-state index >= 15 is 0 Å². The third-order valence-electron chi connectivity index (χ3n) is 4.63. The molecule has 0 spiro atoms. The molecule has 1 N–H and O–H groups in total. The zero-order valence-electron chi connectivity index (χ0n) is 17.6. The van der Waals surface area contributed by atoms with E-state index in [0.717, 1.165) is 16.2 Å². The monoisotopic (exact) mass is 412 g/mol. The van der Waals surface area contributed by atoms with Crippen LogP contribution in [-0.4, -0.2) is 46.7 Å². The largest absolute Gasteiger partial charge is 0.333 e. The van der Waals surface area contributed by atoms with Crippen molar-refractivity contribution in [2.75, 3.05) is 13.6 Å². The Labute approximate surface area is 176 Å². The van der Waals surface area contributed by atoms with Gasteiger partial charge in [0.05, 0.1) is 16.6 Å². The van der Waals surface area contributed by atoms with E-state index in [2.05, 4.69) is 10.4 Å². The van der Waals surface area contributed by atoms with Gasteiger partial charge in [0, 0.05) is 19.0 Å². The van der Waals surface area contributed by atoms with Crippen LogP contribution >= 0.6 is 11.3 Å². The van der Waals surface area contributed by atoms with Crippen molar-refractivity contribution in [3.05, 3.63) is 57.8 Å². The number of amides is 3. The summed E-state index contributed by atoms with van der Waals surface area (Å²) in [5.41, 5.74) is 2.75. The van der Waals surface area contributed by atoms with Crippen LogP contribution in [-0.2, 0) is 4.79 Å². The van der Waals surface area contributed by atoms with Crippen molar-refractivity contribution in [2.45, 2.75) is 45.7 Å². The molecule has 154 valence electrons. The third-order valence-corrected chi connectivity index (χ3v) is 5.55. The van der Waals surface area contributed by atoms with Crippen molar-refractivity contribution in [2.24, 2.45) is 5.10 Å². The van der Waals surface area contributed by atoms with E-state index in [1.165, 1.54) is 10.5 Å². The third kappa shape index (κ3) is 5.23. The van der Waals surface area contributed by atoms with E-state index in [-0.39, 0.29) is 30.1 Å². The molecule has 2 heterocycles. The summed E-state index contributed by atoms with van der Waals surface area (Å²) in [6.45, 7) is 7.73. The molecule has 3 rings (SSSR count). The van der Waals surface area contributed by atoms with Crippen LogP contribution in [0.25, 0.3) is 0 Å². The summed E-state index contributed by atoms with van der Waals surface area (Å²) in [4.78, 5) is 27.9. The maximum Gasteiger partial charge on any atom is 0.318 e. The zero-order chi connectivity index (χ0) is 21.2. The first-order valence-electron chi connectivity index (χ1n) is 9.67. The van der Waals surface area contributed by atoms with Crippen LogP contribution in [0.4, 0.5) is 4.79 Å². The van der Waals surface area contributed by atoms with Crippen molar-refractivity contribution in [1.82, 2.24) is 15.2 Å². The van der Waals surface area contributed by atoms with Gasteiger partial charge >= 0.3 is 6.03 Å². The van der Waals surface area contributed by atoms with Gasteiger partial charge in [0.15, 0.2) is 0 Å². The molecule has 1 aliphatic rings. The fourth-order valence-electron chi connectivity index (χ4n) is 3.14. The van der Waals surface area contributed by atoms with Crippen molar-refractivity contribution in [3.8, 4) is 0 Å². The lowest BCUT2D eigenvalue weighted by Crippen LogP contribution is -2.49. The van der Waals surface area contributed by atoms with Crippen molar-refractivity contribution >= 4 is 29.0 Å². The number of likely N-dealkylation sites (N-methyl/N-ethyl adjacent to an activating group) is 1. The van der Waals surface area contributed by atoms with Gasteiger partial charge < -0.3 is 10.2 Å². The molecule has 6 nitrogen and oxygen atoms in total. The summed E-state index contributed by atoms with van der Waals surface area (Å²) in [6.07, 6.45) is 0.660. The summed E-state index contributed by atoms with van der Waals surface area (Å²) in [5.74, 6) is -0.200. The van der Waals surface area contributed by atoms with Crippen LogP contribution in [0.15, 0.2) is 46.9 Å². The lowest BCUT2D eigenvalue weighted by Gasteiger charge is -2.27. The van der Waals surface area contributed by atoms with Crippen LogP contribution in [0, 0.1) is 6.92 Å². The van der Waals surface area contributed by atoms with E-state index in [9.17, 15) is 9.59 Å². The second-order valence-corrected chi connectivity index (χ2v) is 9.38. The Balaban J connectivity index is 1.80. The van der Waals surface area contributed by atoms with E-state index in [0.29, 0.717) is 6.42 Å². The molecule has 3 amide bonds. The van der Waals surface area contributed by atoms with Crippen LogP contribution in [0.3, 0.4) is 0 Å². The molecular weight excluding hydrogens is 384 g/mol. The van der Waals surface area contributed by atoms with Gasteiger partial charge in [0.1, 0.15) is 6.54 Å².